The molecule has 2 atom stereocenters. The minimum Gasteiger partial charge on any atom is -0.390 e. The quantitative estimate of drug-likeness (QED) is 0.639. The van der Waals surface area contributed by atoms with Crippen LogP contribution in [0.15, 0.2) is 15.8 Å². The number of ether oxygens (including phenoxy) is 2. The van der Waals surface area contributed by atoms with Crippen LogP contribution in [0.1, 0.15) is 11.8 Å². The number of hydrogen-bond acceptors (Lipinski definition) is 5. The Labute approximate surface area is 102 Å². The fraction of sp³-hybridized carbons (Fsp3) is 0.455. The number of H-pyrrole nitrogens is 1. The Morgan fingerprint density at radius 3 is 3.00 bits per heavy atom. The molecule has 0 aromatic carbocycles. The van der Waals surface area contributed by atoms with Gasteiger partial charge in [-0.2, -0.15) is 0 Å². The lowest BCUT2D eigenvalue weighted by molar-refractivity contribution is -0.156. The second-order valence-corrected chi connectivity index (χ2v) is 3.92. The van der Waals surface area contributed by atoms with Gasteiger partial charge < -0.3 is 14.6 Å². The highest BCUT2D eigenvalue weighted by Gasteiger charge is 2.41. The van der Waals surface area contributed by atoms with Gasteiger partial charge in [0.15, 0.2) is 6.23 Å². The van der Waals surface area contributed by atoms with E-state index in [-0.39, 0.29) is 6.61 Å². The summed E-state index contributed by atoms with van der Waals surface area (Å²) >= 11 is 0. The van der Waals surface area contributed by atoms with Gasteiger partial charge >= 0.3 is 5.69 Å². The van der Waals surface area contributed by atoms with E-state index in [2.05, 4.69) is 10.9 Å². The standard InChI is InChI=1S/C11H12N2O5/c1-3-11(6-14)17-5-8(18-11)13-4-7(2)9(15)12-10(13)16/h1,4,8,14H,5-6H2,2H3,(H,12,15,16). The van der Waals surface area contributed by atoms with Crippen molar-refractivity contribution < 1.29 is 14.6 Å². The van der Waals surface area contributed by atoms with E-state index in [1.807, 2.05) is 0 Å². The third-order valence-electron chi connectivity index (χ3n) is 2.67. The van der Waals surface area contributed by atoms with Crippen LogP contribution in [-0.4, -0.2) is 33.7 Å². The predicted molar refractivity (Wildman–Crippen MR) is 60.8 cm³/mol. The zero-order valence-electron chi connectivity index (χ0n) is 9.67. The molecule has 2 heterocycles. The number of nitrogens with zero attached hydrogens (tertiary/aromatic N) is 1. The molecule has 2 unspecified atom stereocenters. The van der Waals surface area contributed by atoms with E-state index in [1.54, 1.807) is 6.92 Å². The van der Waals surface area contributed by atoms with Crippen molar-refractivity contribution in [1.82, 2.24) is 9.55 Å². The van der Waals surface area contributed by atoms with E-state index in [0.29, 0.717) is 5.56 Å². The van der Waals surface area contributed by atoms with E-state index in [1.165, 1.54) is 10.8 Å². The Kier molecular flexibility index (Phi) is 3.09. The highest BCUT2D eigenvalue weighted by molar-refractivity contribution is 5.06. The molecule has 7 heteroatoms. The highest BCUT2D eigenvalue weighted by Crippen LogP contribution is 2.27. The van der Waals surface area contributed by atoms with E-state index < -0.39 is 29.9 Å². The molecule has 0 bridgehead atoms. The molecule has 0 amide bonds. The molecule has 2 N–H and O–H groups in total. The Morgan fingerprint density at radius 1 is 1.72 bits per heavy atom. The Hall–Kier alpha value is -1.88. The van der Waals surface area contributed by atoms with Gasteiger partial charge in [0.1, 0.15) is 6.61 Å². The largest absolute Gasteiger partial charge is 0.390 e. The summed E-state index contributed by atoms with van der Waals surface area (Å²) in [5.41, 5.74) is -0.717. The lowest BCUT2D eigenvalue weighted by atomic mass is 10.3. The zero-order valence-corrected chi connectivity index (χ0v) is 9.67. The van der Waals surface area contributed by atoms with Gasteiger partial charge in [0.05, 0.1) is 6.61 Å². The second-order valence-electron chi connectivity index (χ2n) is 3.92. The van der Waals surface area contributed by atoms with E-state index in [4.69, 9.17) is 21.0 Å². The van der Waals surface area contributed by atoms with Crippen LogP contribution in [0, 0.1) is 19.3 Å². The number of nitrogens with one attached hydrogen (secondary N) is 1. The van der Waals surface area contributed by atoms with Crippen LogP contribution in [0.2, 0.25) is 0 Å². The van der Waals surface area contributed by atoms with Crippen LogP contribution < -0.4 is 11.2 Å². The van der Waals surface area contributed by atoms with Crippen molar-refractivity contribution in [3.05, 3.63) is 32.6 Å². The van der Waals surface area contributed by atoms with Crippen LogP contribution in [0.25, 0.3) is 0 Å². The molecule has 0 spiro atoms. The topological polar surface area (TPSA) is 93.5 Å². The van der Waals surface area contributed by atoms with Crippen LogP contribution in [0.5, 0.6) is 0 Å². The molecular weight excluding hydrogens is 240 g/mol. The Balaban J connectivity index is 2.36. The van der Waals surface area contributed by atoms with Crippen molar-refractivity contribution in [3.8, 4) is 12.3 Å². The molecule has 1 aliphatic heterocycles. The summed E-state index contributed by atoms with van der Waals surface area (Å²) in [5, 5.41) is 9.11. The lowest BCUT2D eigenvalue weighted by Crippen LogP contribution is -2.36. The third kappa shape index (κ3) is 1.97. The maximum Gasteiger partial charge on any atom is 0.330 e. The molecule has 1 saturated heterocycles. The predicted octanol–water partition coefficient (Wildman–Crippen LogP) is -1.29. The average Bonchev–Trinajstić information content (AvgIpc) is 2.79. The summed E-state index contributed by atoms with van der Waals surface area (Å²) in [5.74, 6) is 0.657. The number of aliphatic hydroxyl groups is 1. The summed E-state index contributed by atoms with van der Waals surface area (Å²) in [6, 6.07) is 0. The highest BCUT2D eigenvalue weighted by atomic mass is 16.8. The number of aromatic nitrogens is 2. The molecule has 1 aromatic rings. The molecule has 1 aromatic heterocycles. The number of aliphatic hydroxyl groups excluding tert-OH is 1. The lowest BCUT2D eigenvalue weighted by Gasteiger charge is -2.19. The van der Waals surface area contributed by atoms with Gasteiger partial charge in [-0.3, -0.25) is 14.3 Å². The molecule has 18 heavy (non-hydrogen) atoms. The molecule has 0 aliphatic carbocycles. The van der Waals surface area contributed by atoms with Crippen molar-refractivity contribution in [2.75, 3.05) is 13.2 Å². The molecule has 1 fully saturated rings. The van der Waals surface area contributed by atoms with Crippen molar-refractivity contribution in [2.45, 2.75) is 18.9 Å². The SMILES string of the molecule is C#CC1(CO)OCC(n2cc(C)c(=O)[nH]c2=O)O1. The Bertz CT molecular complexity index is 611. The Morgan fingerprint density at radius 2 is 2.44 bits per heavy atom. The normalized spacial score (nSPS) is 27.1. The molecule has 1 aliphatic rings. The first kappa shape index (κ1) is 12.6. The molecular formula is C11H12N2O5. The molecule has 96 valence electrons. The third-order valence-corrected chi connectivity index (χ3v) is 2.67. The average molecular weight is 252 g/mol. The van der Waals surface area contributed by atoms with Gasteiger partial charge in [-0.15, -0.1) is 6.42 Å². The first-order valence-corrected chi connectivity index (χ1v) is 5.24. The number of terminal acetylenes is 1. The summed E-state index contributed by atoms with van der Waals surface area (Å²) in [6.45, 7) is 1.05. The molecule has 7 nitrogen and oxygen atoms in total. The van der Waals surface area contributed by atoms with Crippen LogP contribution in [0.3, 0.4) is 0 Å². The summed E-state index contributed by atoms with van der Waals surface area (Å²) < 4.78 is 11.7. The number of aryl methyl sites for hydroxylation is 1. The van der Waals surface area contributed by atoms with Crippen molar-refractivity contribution in [3.63, 3.8) is 0 Å². The summed E-state index contributed by atoms with van der Waals surface area (Å²) in [6.07, 6.45) is 5.79. The van der Waals surface area contributed by atoms with E-state index >= 15 is 0 Å². The minimum absolute atomic E-state index is 0.0101. The second kappa shape index (κ2) is 4.42. The molecule has 2 rings (SSSR count). The maximum atomic E-state index is 11.6. The fourth-order valence-electron chi connectivity index (χ4n) is 1.64. The monoisotopic (exact) mass is 252 g/mol. The first-order chi connectivity index (χ1) is 8.51. The van der Waals surface area contributed by atoms with Gasteiger partial charge in [-0.25, -0.2) is 4.79 Å². The van der Waals surface area contributed by atoms with Crippen molar-refractivity contribution >= 4 is 0 Å². The smallest absolute Gasteiger partial charge is 0.330 e. The maximum absolute atomic E-state index is 11.6. The van der Waals surface area contributed by atoms with Crippen LogP contribution in [-0.2, 0) is 9.47 Å². The summed E-state index contributed by atoms with van der Waals surface area (Å²) in [4.78, 5) is 25.0. The summed E-state index contributed by atoms with van der Waals surface area (Å²) in [7, 11) is 0. The number of hydrogen-bond donors (Lipinski definition) is 2. The van der Waals surface area contributed by atoms with Gasteiger partial charge in [0.2, 0.25) is 0 Å². The fourth-order valence-corrected chi connectivity index (χ4v) is 1.64. The molecule has 0 radical (unpaired) electrons. The van der Waals surface area contributed by atoms with Gasteiger partial charge in [-0.1, -0.05) is 0 Å². The van der Waals surface area contributed by atoms with E-state index in [9.17, 15) is 9.59 Å². The number of aromatic amines is 1. The van der Waals surface area contributed by atoms with Gasteiger partial charge in [0.25, 0.3) is 11.3 Å². The van der Waals surface area contributed by atoms with Crippen molar-refractivity contribution in [1.29, 1.82) is 0 Å². The van der Waals surface area contributed by atoms with Crippen LogP contribution in [0.4, 0.5) is 0 Å². The zero-order chi connectivity index (χ0) is 13.3. The van der Waals surface area contributed by atoms with Gasteiger partial charge in [0, 0.05) is 11.8 Å². The van der Waals surface area contributed by atoms with Crippen molar-refractivity contribution in [2.24, 2.45) is 0 Å². The van der Waals surface area contributed by atoms with Gasteiger partial charge in [-0.05, 0) is 12.8 Å². The minimum atomic E-state index is -1.53. The molecule has 0 saturated carbocycles. The van der Waals surface area contributed by atoms with Crippen LogP contribution >= 0.6 is 0 Å². The first-order valence-electron chi connectivity index (χ1n) is 5.24. The number of rotatable bonds is 2. The van der Waals surface area contributed by atoms with E-state index in [0.717, 1.165) is 0 Å².